The van der Waals surface area contributed by atoms with Crippen LogP contribution >= 0.6 is 0 Å². The smallest absolute Gasteiger partial charge is 0.156 e. The van der Waals surface area contributed by atoms with Gasteiger partial charge in [-0.15, -0.1) is 0 Å². The number of hydrogen-bond acceptors (Lipinski definition) is 5. The molecular weight excluding hydrogens is 204 g/mol. The Morgan fingerprint density at radius 1 is 1.31 bits per heavy atom. The van der Waals surface area contributed by atoms with Gasteiger partial charge in [0.05, 0.1) is 0 Å². The highest BCUT2D eigenvalue weighted by atomic mass is 16.5. The molecular formula is C11H18N4O. The molecule has 1 aliphatic rings. The van der Waals surface area contributed by atoms with Gasteiger partial charge in [-0.2, -0.15) is 0 Å². The van der Waals surface area contributed by atoms with Gasteiger partial charge in [0, 0.05) is 17.9 Å². The predicted octanol–water partition coefficient (Wildman–Crippen LogP) is 1.18. The highest BCUT2D eigenvalue weighted by molar-refractivity contribution is 5.46. The number of hydrogen-bond donors (Lipinski definition) is 2. The Morgan fingerprint density at radius 3 is 2.88 bits per heavy atom. The third-order valence-electron chi connectivity index (χ3n) is 2.80. The van der Waals surface area contributed by atoms with Crippen LogP contribution in [-0.2, 0) is 24.2 Å². The summed E-state index contributed by atoms with van der Waals surface area (Å²) in [6.45, 7) is 3.09. The standard InChI is InChI=1S/C11H18N4O/c1-2-16-7-10-13-9-6-4-3-5-8(9)11(14-10)15-12/h2-7,12H2,1H3,(H,13,14,15). The lowest BCUT2D eigenvalue weighted by molar-refractivity contribution is 0.128. The molecule has 0 radical (unpaired) electrons. The third-order valence-corrected chi connectivity index (χ3v) is 2.80. The van der Waals surface area contributed by atoms with Gasteiger partial charge in [0.25, 0.3) is 0 Å². The summed E-state index contributed by atoms with van der Waals surface area (Å²) in [6.07, 6.45) is 4.42. The number of nitrogens with zero attached hydrogens (tertiary/aromatic N) is 2. The normalized spacial score (nSPS) is 14.6. The first-order valence-corrected chi connectivity index (χ1v) is 5.78. The topological polar surface area (TPSA) is 73.1 Å². The highest BCUT2D eigenvalue weighted by Gasteiger charge is 2.17. The molecule has 0 amide bonds. The second kappa shape index (κ2) is 5.23. The lowest BCUT2D eigenvalue weighted by Crippen LogP contribution is -2.18. The molecule has 1 aliphatic carbocycles. The Hall–Kier alpha value is -1.20. The van der Waals surface area contributed by atoms with E-state index in [1.54, 1.807) is 0 Å². The molecule has 0 bridgehead atoms. The molecule has 5 heteroatoms. The van der Waals surface area contributed by atoms with Crippen LogP contribution in [0, 0.1) is 0 Å². The molecule has 2 rings (SSSR count). The van der Waals surface area contributed by atoms with E-state index in [-0.39, 0.29) is 0 Å². The number of anilines is 1. The molecule has 0 fully saturated rings. The molecule has 0 saturated carbocycles. The van der Waals surface area contributed by atoms with E-state index < -0.39 is 0 Å². The van der Waals surface area contributed by atoms with Crippen LogP contribution in [0.1, 0.15) is 36.8 Å². The predicted molar refractivity (Wildman–Crippen MR) is 61.8 cm³/mol. The van der Waals surface area contributed by atoms with Crippen LogP contribution in [0.3, 0.4) is 0 Å². The maximum atomic E-state index is 5.49. The van der Waals surface area contributed by atoms with Crippen molar-refractivity contribution in [3.8, 4) is 0 Å². The minimum atomic E-state index is 0.457. The Morgan fingerprint density at radius 2 is 2.12 bits per heavy atom. The molecule has 0 saturated heterocycles. The van der Waals surface area contributed by atoms with Crippen molar-refractivity contribution in [2.75, 3.05) is 12.0 Å². The van der Waals surface area contributed by atoms with Crippen molar-refractivity contribution in [1.29, 1.82) is 0 Å². The summed E-state index contributed by atoms with van der Waals surface area (Å²) in [5.41, 5.74) is 4.97. The van der Waals surface area contributed by atoms with Gasteiger partial charge in [-0.05, 0) is 32.6 Å². The second-order valence-electron chi connectivity index (χ2n) is 3.90. The zero-order chi connectivity index (χ0) is 11.4. The molecule has 0 aromatic carbocycles. The number of aryl methyl sites for hydroxylation is 1. The largest absolute Gasteiger partial charge is 0.374 e. The van der Waals surface area contributed by atoms with E-state index in [0.717, 1.165) is 30.2 Å². The SMILES string of the molecule is CCOCc1nc2c(c(NN)n1)CCCC2. The molecule has 5 nitrogen and oxygen atoms in total. The van der Waals surface area contributed by atoms with E-state index in [0.29, 0.717) is 13.2 Å². The summed E-state index contributed by atoms with van der Waals surface area (Å²) in [6, 6.07) is 0. The van der Waals surface area contributed by atoms with Crippen molar-refractivity contribution in [1.82, 2.24) is 9.97 Å². The third kappa shape index (κ3) is 2.31. The van der Waals surface area contributed by atoms with Crippen LogP contribution in [0.2, 0.25) is 0 Å². The number of rotatable bonds is 4. The van der Waals surface area contributed by atoms with Crippen LogP contribution in [0.25, 0.3) is 0 Å². The molecule has 0 spiro atoms. The molecule has 0 aliphatic heterocycles. The van der Waals surface area contributed by atoms with Crippen LogP contribution in [-0.4, -0.2) is 16.6 Å². The summed E-state index contributed by atoms with van der Waals surface area (Å²) in [7, 11) is 0. The Kier molecular flexibility index (Phi) is 3.69. The van der Waals surface area contributed by atoms with Crippen molar-refractivity contribution < 1.29 is 4.74 Å². The summed E-state index contributed by atoms with van der Waals surface area (Å²) in [4.78, 5) is 8.90. The fourth-order valence-corrected chi connectivity index (χ4v) is 2.02. The molecule has 1 aromatic heterocycles. The lowest BCUT2D eigenvalue weighted by Gasteiger charge is -2.18. The summed E-state index contributed by atoms with van der Waals surface area (Å²) < 4.78 is 5.32. The minimum absolute atomic E-state index is 0.457. The van der Waals surface area contributed by atoms with Crippen molar-refractivity contribution in [2.45, 2.75) is 39.2 Å². The van der Waals surface area contributed by atoms with Crippen molar-refractivity contribution in [3.63, 3.8) is 0 Å². The average Bonchev–Trinajstić information content (AvgIpc) is 2.35. The van der Waals surface area contributed by atoms with Gasteiger partial charge in [0.15, 0.2) is 5.82 Å². The number of nitrogen functional groups attached to an aromatic ring is 1. The number of ether oxygens (including phenoxy) is 1. The van der Waals surface area contributed by atoms with E-state index in [1.807, 2.05) is 6.92 Å². The van der Waals surface area contributed by atoms with E-state index in [4.69, 9.17) is 10.6 Å². The number of nitrogens with one attached hydrogen (secondary N) is 1. The lowest BCUT2D eigenvalue weighted by atomic mass is 9.96. The highest BCUT2D eigenvalue weighted by Crippen LogP contribution is 2.24. The zero-order valence-corrected chi connectivity index (χ0v) is 9.62. The van der Waals surface area contributed by atoms with E-state index >= 15 is 0 Å². The van der Waals surface area contributed by atoms with E-state index in [1.165, 1.54) is 18.4 Å². The number of aromatic nitrogens is 2. The Labute approximate surface area is 95.4 Å². The van der Waals surface area contributed by atoms with Gasteiger partial charge in [-0.1, -0.05) is 0 Å². The van der Waals surface area contributed by atoms with Crippen LogP contribution in [0.15, 0.2) is 0 Å². The van der Waals surface area contributed by atoms with E-state index in [9.17, 15) is 0 Å². The monoisotopic (exact) mass is 222 g/mol. The Balaban J connectivity index is 2.28. The number of hydrazine groups is 1. The van der Waals surface area contributed by atoms with Crippen LogP contribution in [0.4, 0.5) is 5.82 Å². The first kappa shape index (κ1) is 11.3. The molecule has 3 N–H and O–H groups in total. The first-order valence-electron chi connectivity index (χ1n) is 5.78. The quantitative estimate of drug-likeness (QED) is 0.591. The van der Waals surface area contributed by atoms with Crippen molar-refractivity contribution >= 4 is 5.82 Å². The maximum Gasteiger partial charge on any atom is 0.156 e. The summed E-state index contributed by atoms with van der Waals surface area (Å²) in [5.74, 6) is 6.97. The van der Waals surface area contributed by atoms with Gasteiger partial charge < -0.3 is 10.2 Å². The molecule has 16 heavy (non-hydrogen) atoms. The molecule has 0 unspecified atom stereocenters. The van der Waals surface area contributed by atoms with Gasteiger partial charge in [0.2, 0.25) is 0 Å². The summed E-state index contributed by atoms with van der Waals surface area (Å²) >= 11 is 0. The number of nitrogens with two attached hydrogens (primary N) is 1. The van der Waals surface area contributed by atoms with Crippen molar-refractivity contribution in [2.24, 2.45) is 5.84 Å². The molecule has 1 heterocycles. The maximum absolute atomic E-state index is 5.49. The summed E-state index contributed by atoms with van der Waals surface area (Å²) in [5, 5.41) is 0. The first-order chi connectivity index (χ1) is 7.85. The minimum Gasteiger partial charge on any atom is -0.374 e. The average molecular weight is 222 g/mol. The number of fused-ring (bicyclic) bond motifs is 1. The van der Waals surface area contributed by atoms with Gasteiger partial charge in [-0.25, -0.2) is 15.8 Å². The fraction of sp³-hybridized carbons (Fsp3) is 0.636. The molecule has 88 valence electrons. The zero-order valence-electron chi connectivity index (χ0n) is 9.62. The van der Waals surface area contributed by atoms with Crippen molar-refractivity contribution in [3.05, 3.63) is 17.1 Å². The van der Waals surface area contributed by atoms with Crippen LogP contribution in [0.5, 0.6) is 0 Å². The van der Waals surface area contributed by atoms with Crippen LogP contribution < -0.4 is 11.3 Å². The van der Waals surface area contributed by atoms with Gasteiger partial charge in [0.1, 0.15) is 12.4 Å². The van der Waals surface area contributed by atoms with E-state index in [2.05, 4.69) is 15.4 Å². The fourth-order valence-electron chi connectivity index (χ4n) is 2.02. The Bertz CT molecular complexity index is 350. The molecule has 0 atom stereocenters. The van der Waals surface area contributed by atoms with Gasteiger partial charge >= 0.3 is 0 Å². The molecule has 1 aromatic rings. The second-order valence-corrected chi connectivity index (χ2v) is 3.90. The van der Waals surface area contributed by atoms with Gasteiger partial charge in [-0.3, -0.25) is 0 Å².